The van der Waals surface area contributed by atoms with Crippen molar-refractivity contribution in [2.45, 2.75) is 26.3 Å². The Hall–Kier alpha value is -3.34. The fourth-order valence-corrected chi connectivity index (χ4v) is 3.09. The van der Waals surface area contributed by atoms with Gasteiger partial charge >= 0.3 is 5.97 Å². The summed E-state index contributed by atoms with van der Waals surface area (Å²) < 4.78 is 10.3. The molecule has 28 heavy (non-hydrogen) atoms. The van der Waals surface area contributed by atoms with Gasteiger partial charge in [0.25, 0.3) is 5.91 Å². The maximum Gasteiger partial charge on any atom is 0.341 e. The number of carbonyl (C=O) groups excluding carboxylic acids is 2. The minimum Gasteiger partial charge on any atom is -0.465 e. The van der Waals surface area contributed by atoms with Crippen molar-refractivity contribution >= 4 is 11.9 Å². The van der Waals surface area contributed by atoms with Crippen molar-refractivity contribution in [1.82, 2.24) is 5.32 Å². The number of carbonyl (C=O) groups is 2. The molecule has 0 saturated heterocycles. The van der Waals surface area contributed by atoms with Gasteiger partial charge in [0.2, 0.25) is 0 Å². The zero-order valence-electron chi connectivity index (χ0n) is 16.0. The van der Waals surface area contributed by atoms with E-state index in [9.17, 15) is 9.59 Å². The Balaban J connectivity index is 1.65. The molecule has 1 aromatic heterocycles. The van der Waals surface area contributed by atoms with Crippen LogP contribution >= 0.6 is 0 Å². The number of hydrogen-bond donors (Lipinski definition) is 1. The molecule has 0 fully saturated rings. The Kier molecular flexibility index (Phi) is 6.27. The fraction of sp³-hybridized carbons (Fsp3) is 0.217. The van der Waals surface area contributed by atoms with Crippen LogP contribution in [0.4, 0.5) is 0 Å². The third-order valence-corrected chi connectivity index (χ3v) is 4.59. The zero-order valence-corrected chi connectivity index (χ0v) is 16.0. The maximum atomic E-state index is 12.7. The van der Waals surface area contributed by atoms with Gasteiger partial charge in [0.05, 0.1) is 13.7 Å². The predicted octanol–water partition coefficient (Wildman–Crippen LogP) is 4.09. The molecule has 0 unspecified atom stereocenters. The number of furan rings is 1. The summed E-state index contributed by atoms with van der Waals surface area (Å²) >= 11 is 0. The van der Waals surface area contributed by atoms with Crippen molar-refractivity contribution in [2.24, 2.45) is 0 Å². The molecular weight excluding hydrogens is 354 g/mol. The van der Waals surface area contributed by atoms with Crippen LogP contribution in [0, 0.1) is 6.92 Å². The summed E-state index contributed by atoms with van der Waals surface area (Å²) in [4.78, 5) is 24.4. The van der Waals surface area contributed by atoms with Gasteiger partial charge in [0.1, 0.15) is 17.1 Å². The number of methoxy groups -OCH3 is 1. The number of hydrogen-bond acceptors (Lipinski definition) is 4. The SMILES string of the molecule is COC(=O)c1cc(CNC(=O)c2ccccc2CCc2ccccc2)oc1C. The monoisotopic (exact) mass is 377 g/mol. The van der Waals surface area contributed by atoms with E-state index in [1.54, 1.807) is 13.0 Å². The minimum absolute atomic E-state index is 0.169. The molecule has 0 saturated carbocycles. The Labute approximate surface area is 164 Å². The molecule has 3 aromatic rings. The fourth-order valence-electron chi connectivity index (χ4n) is 3.09. The molecule has 1 heterocycles. The van der Waals surface area contributed by atoms with Crippen molar-refractivity contribution in [3.8, 4) is 0 Å². The Bertz CT molecular complexity index is 960. The molecule has 0 spiro atoms. The molecule has 0 bridgehead atoms. The molecule has 1 N–H and O–H groups in total. The molecule has 0 aliphatic rings. The second-order valence-corrected chi connectivity index (χ2v) is 6.50. The van der Waals surface area contributed by atoms with Crippen LogP contribution in [0.5, 0.6) is 0 Å². The number of nitrogens with one attached hydrogen (secondary N) is 1. The second kappa shape index (κ2) is 9.04. The van der Waals surface area contributed by atoms with E-state index in [0.29, 0.717) is 22.6 Å². The maximum absolute atomic E-state index is 12.7. The Morgan fingerprint density at radius 2 is 1.68 bits per heavy atom. The van der Waals surface area contributed by atoms with Crippen LogP contribution in [0.15, 0.2) is 65.1 Å². The second-order valence-electron chi connectivity index (χ2n) is 6.50. The van der Waals surface area contributed by atoms with Crippen LogP contribution in [-0.4, -0.2) is 19.0 Å². The van der Waals surface area contributed by atoms with Crippen molar-refractivity contribution in [2.75, 3.05) is 7.11 Å². The van der Waals surface area contributed by atoms with Gasteiger partial charge in [0.15, 0.2) is 0 Å². The van der Waals surface area contributed by atoms with Crippen LogP contribution in [0.2, 0.25) is 0 Å². The number of esters is 1. The van der Waals surface area contributed by atoms with Crippen molar-refractivity contribution in [3.63, 3.8) is 0 Å². The minimum atomic E-state index is -0.454. The molecule has 0 aliphatic carbocycles. The van der Waals surface area contributed by atoms with Gasteiger partial charge in [0, 0.05) is 5.56 Å². The smallest absolute Gasteiger partial charge is 0.341 e. The van der Waals surface area contributed by atoms with Crippen LogP contribution in [0.25, 0.3) is 0 Å². The largest absolute Gasteiger partial charge is 0.465 e. The molecule has 5 heteroatoms. The molecule has 2 aromatic carbocycles. The first kappa shape index (κ1) is 19.4. The van der Waals surface area contributed by atoms with Gasteiger partial charge < -0.3 is 14.5 Å². The number of benzene rings is 2. The van der Waals surface area contributed by atoms with Gasteiger partial charge in [-0.15, -0.1) is 0 Å². The summed E-state index contributed by atoms with van der Waals surface area (Å²) in [5.74, 6) is 0.356. The first-order valence-corrected chi connectivity index (χ1v) is 9.16. The number of rotatable bonds is 7. The van der Waals surface area contributed by atoms with E-state index >= 15 is 0 Å². The summed E-state index contributed by atoms with van der Waals surface area (Å²) in [7, 11) is 1.32. The quantitative estimate of drug-likeness (QED) is 0.630. The highest BCUT2D eigenvalue weighted by atomic mass is 16.5. The summed E-state index contributed by atoms with van der Waals surface area (Å²) in [5.41, 5.74) is 3.25. The lowest BCUT2D eigenvalue weighted by atomic mass is 9.99. The Morgan fingerprint density at radius 3 is 2.43 bits per heavy atom. The van der Waals surface area contributed by atoms with Crippen molar-refractivity contribution in [3.05, 3.63) is 94.4 Å². The summed E-state index contributed by atoms with van der Waals surface area (Å²) in [6, 6.07) is 19.4. The topological polar surface area (TPSA) is 68.5 Å². The van der Waals surface area contributed by atoms with Crippen LogP contribution < -0.4 is 5.32 Å². The third-order valence-electron chi connectivity index (χ3n) is 4.59. The van der Waals surface area contributed by atoms with Crippen LogP contribution in [-0.2, 0) is 24.1 Å². The van der Waals surface area contributed by atoms with Gasteiger partial charge in [-0.1, -0.05) is 48.5 Å². The van der Waals surface area contributed by atoms with E-state index < -0.39 is 5.97 Å². The molecule has 3 rings (SSSR count). The first-order valence-electron chi connectivity index (χ1n) is 9.16. The molecule has 0 atom stereocenters. The van der Waals surface area contributed by atoms with Gasteiger partial charge in [-0.2, -0.15) is 0 Å². The highest BCUT2D eigenvalue weighted by Gasteiger charge is 2.16. The normalized spacial score (nSPS) is 10.5. The first-order chi connectivity index (χ1) is 13.6. The number of aryl methyl sites for hydroxylation is 3. The van der Waals surface area contributed by atoms with Crippen LogP contribution in [0.1, 0.15) is 43.4 Å². The lowest BCUT2D eigenvalue weighted by Gasteiger charge is -2.10. The highest BCUT2D eigenvalue weighted by Crippen LogP contribution is 2.17. The Morgan fingerprint density at radius 1 is 0.964 bits per heavy atom. The standard InChI is InChI=1S/C23H23NO4/c1-16-21(23(26)27-2)14-19(28-16)15-24-22(25)20-11-7-6-10-18(20)13-12-17-8-4-3-5-9-17/h3-11,14H,12-13,15H2,1-2H3,(H,24,25). The van der Waals surface area contributed by atoms with Crippen LogP contribution in [0.3, 0.4) is 0 Å². The van der Waals surface area contributed by atoms with E-state index in [1.165, 1.54) is 12.7 Å². The van der Waals surface area contributed by atoms with E-state index in [2.05, 4.69) is 17.4 Å². The van der Waals surface area contributed by atoms with Gasteiger partial charge in [-0.3, -0.25) is 4.79 Å². The number of ether oxygens (including phenoxy) is 1. The van der Waals surface area contributed by atoms with E-state index in [4.69, 9.17) is 9.15 Å². The zero-order chi connectivity index (χ0) is 19.9. The van der Waals surface area contributed by atoms with Gasteiger partial charge in [-0.05, 0) is 43.0 Å². The van der Waals surface area contributed by atoms with Crippen molar-refractivity contribution < 1.29 is 18.7 Å². The van der Waals surface area contributed by atoms with E-state index in [-0.39, 0.29) is 12.5 Å². The lowest BCUT2D eigenvalue weighted by molar-refractivity contribution is 0.0598. The lowest BCUT2D eigenvalue weighted by Crippen LogP contribution is -2.24. The average Bonchev–Trinajstić information content (AvgIpc) is 3.11. The van der Waals surface area contributed by atoms with E-state index in [1.807, 2.05) is 42.5 Å². The molecule has 0 aliphatic heterocycles. The summed E-state index contributed by atoms with van der Waals surface area (Å²) in [5, 5.41) is 2.87. The van der Waals surface area contributed by atoms with Gasteiger partial charge in [-0.25, -0.2) is 4.79 Å². The highest BCUT2D eigenvalue weighted by molar-refractivity contribution is 5.95. The third kappa shape index (κ3) is 4.68. The number of amides is 1. The summed E-state index contributed by atoms with van der Waals surface area (Å²) in [6.45, 7) is 1.89. The average molecular weight is 377 g/mol. The summed E-state index contributed by atoms with van der Waals surface area (Å²) in [6.07, 6.45) is 1.64. The molecule has 144 valence electrons. The van der Waals surface area contributed by atoms with Crippen molar-refractivity contribution in [1.29, 1.82) is 0 Å². The van der Waals surface area contributed by atoms with E-state index in [0.717, 1.165) is 18.4 Å². The molecular formula is C23H23NO4. The molecule has 1 amide bonds. The molecule has 5 nitrogen and oxygen atoms in total. The predicted molar refractivity (Wildman–Crippen MR) is 106 cm³/mol. The molecule has 0 radical (unpaired) electrons.